The highest BCUT2D eigenvalue weighted by molar-refractivity contribution is 5.87. The highest BCUT2D eigenvalue weighted by Crippen LogP contribution is 2.34. The minimum atomic E-state index is -1.99. The molecule has 21 nitrogen and oxygen atoms in total. The Kier molecular flexibility index (Phi) is 14.4. The summed E-state index contributed by atoms with van der Waals surface area (Å²) >= 11 is 0. The number of ether oxygens (including phenoxy) is 9. The minimum Gasteiger partial charge on any atom is -0.504 e. The SMILES string of the molecule is COc1cc(/C=C/C(=O)O[C@H]2[C@H](O[C@@H]3O[C@H](CO)[C@@H](O)[C@H](O)[C@H]3O)[C@@H](O[C@H]3C[C@@H](O)[C@@H](O)CO3)[C@H](O)O[C@@H]2CO[C@@H]2OC[C@@H](O)[C@H](O)[C@H]2O)ccc1O. The van der Waals surface area contributed by atoms with Crippen molar-refractivity contribution in [3.05, 3.63) is 29.8 Å². The summed E-state index contributed by atoms with van der Waals surface area (Å²) in [7, 11) is 1.33. The number of rotatable bonds is 12. The van der Waals surface area contributed by atoms with Crippen LogP contribution in [-0.4, -0.2) is 200 Å². The summed E-state index contributed by atoms with van der Waals surface area (Å²) in [5.41, 5.74) is 0.390. The molecule has 0 spiro atoms. The zero-order valence-corrected chi connectivity index (χ0v) is 28.2. The molecule has 11 N–H and O–H groups in total. The molecule has 4 aliphatic heterocycles. The van der Waals surface area contributed by atoms with Crippen LogP contribution in [0.1, 0.15) is 12.0 Å². The predicted molar refractivity (Wildman–Crippen MR) is 168 cm³/mol. The maximum atomic E-state index is 13.4. The largest absolute Gasteiger partial charge is 0.504 e. The van der Waals surface area contributed by atoms with Crippen LogP contribution >= 0.6 is 0 Å². The molecule has 0 amide bonds. The van der Waals surface area contributed by atoms with E-state index in [1.807, 2.05) is 0 Å². The lowest BCUT2D eigenvalue weighted by atomic mass is 9.96. The molecular formula is C32H46O21. The van der Waals surface area contributed by atoms with Crippen LogP contribution in [0.3, 0.4) is 0 Å². The highest BCUT2D eigenvalue weighted by Gasteiger charge is 2.54. The second-order valence-electron chi connectivity index (χ2n) is 12.8. The molecule has 5 rings (SSSR count). The number of hydrogen-bond donors (Lipinski definition) is 11. The summed E-state index contributed by atoms with van der Waals surface area (Å²) in [6.07, 6.45) is -26.0. The molecule has 0 unspecified atom stereocenters. The molecule has 17 atom stereocenters. The summed E-state index contributed by atoms with van der Waals surface area (Å²) < 4.78 is 50.4. The van der Waals surface area contributed by atoms with Gasteiger partial charge in [0.1, 0.15) is 67.1 Å². The zero-order chi connectivity index (χ0) is 38.6. The maximum Gasteiger partial charge on any atom is 0.331 e. The Labute approximate surface area is 301 Å². The van der Waals surface area contributed by atoms with Gasteiger partial charge in [0.15, 0.2) is 42.8 Å². The molecule has 1 aromatic carbocycles. The lowest BCUT2D eigenvalue weighted by Gasteiger charge is -2.48. The molecule has 4 fully saturated rings. The first-order valence-corrected chi connectivity index (χ1v) is 16.7. The Balaban J connectivity index is 1.46. The predicted octanol–water partition coefficient (Wildman–Crippen LogP) is -5.46. The Morgan fingerprint density at radius 2 is 1.51 bits per heavy atom. The first kappa shape index (κ1) is 41.5. The summed E-state index contributed by atoms with van der Waals surface area (Å²) in [5, 5.41) is 113. The molecule has 0 aromatic heterocycles. The van der Waals surface area contributed by atoms with Crippen molar-refractivity contribution in [1.29, 1.82) is 0 Å². The molecule has 4 heterocycles. The normalized spacial score (nSPS) is 42.4. The van der Waals surface area contributed by atoms with E-state index in [4.69, 9.17) is 42.6 Å². The van der Waals surface area contributed by atoms with Gasteiger partial charge in [-0.05, 0) is 23.8 Å². The van der Waals surface area contributed by atoms with Crippen LogP contribution in [-0.2, 0) is 42.7 Å². The molecule has 4 saturated heterocycles. The smallest absolute Gasteiger partial charge is 0.331 e. The molecule has 0 bridgehead atoms. The zero-order valence-electron chi connectivity index (χ0n) is 28.2. The third kappa shape index (κ3) is 9.78. The van der Waals surface area contributed by atoms with Crippen LogP contribution in [0.4, 0.5) is 0 Å². The van der Waals surface area contributed by atoms with Crippen molar-refractivity contribution in [2.24, 2.45) is 0 Å². The average Bonchev–Trinajstić information content (AvgIpc) is 3.14. The molecule has 53 heavy (non-hydrogen) atoms. The van der Waals surface area contributed by atoms with Crippen LogP contribution in [0, 0.1) is 0 Å². The highest BCUT2D eigenvalue weighted by atomic mass is 16.8. The topological polar surface area (TPSA) is 323 Å². The van der Waals surface area contributed by atoms with E-state index in [9.17, 15) is 61.0 Å². The van der Waals surface area contributed by atoms with Crippen molar-refractivity contribution in [1.82, 2.24) is 0 Å². The fourth-order valence-electron chi connectivity index (χ4n) is 6.07. The lowest BCUT2D eigenvalue weighted by Crippen LogP contribution is -2.66. The van der Waals surface area contributed by atoms with E-state index in [2.05, 4.69) is 0 Å². The van der Waals surface area contributed by atoms with Crippen LogP contribution in [0.25, 0.3) is 6.08 Å². The summed E-state index contributed by atoms with van der Waals surface area (Å²) in [4.78, 5) is 13.4. The van der Waals surface area contributed by atoms with E-state index in [0.717, 1.165) is 6.08 Å². The molecule has 0 aliphatic carbocycles. The second-order valence-corrected chi connectivity index (χ2v) is 12.8. The van der Waals surface area contributed by atoms with Crippen molar-refractivity contribution in [2.75, 3.05) is 33.5 Å². The van der Waals surface area contributed by atoms with Crippen molar-refractivity contribution < 1.29 is 104 Å². The van der Waals surface area contributed by atoms with Gasteiger partial charge in [0, 0.05) is 12.5 Å². The average molecular weight is 767 g/mol. The number of benzene rings is 1. The molecule has 0 radical (unpaired) electrons. The number of aliphatic hydroxyl groups excluding tert-OH is 10. The second kappa shape index (κ2) is 18.3. The van der Waals surface area contributed by atoms with Gasteiger partial charge in [-0.25, -0.2) is 4.79 Å². The quantitative estimate of drug-likeness (QED) is 0.0698. The summed E-state index contributed by atoms with van der Waals surface area (Å²) in [5.74, 6) is -1.12. The number of aromatic hydroxyl groups is 1. The number of aliphatic hydroxyl groups is 10. The Bertz CT molecular complexity index is 1360. The van der Waals surface area contributed by atoms with Gasteiger partial charge in [-0.2, -0.15) is 0 Å². The van der Waals surface area contributed by atoms with Crippen LogP contribution in [0.5, 0.6) is 11.5 Å². The molecule has 21 heteroatoms. The van der Waals surface area contributed by atoms with Crippen LogP contribution in [0.2, 0.25) is 0 Å². The molecular weight excluding hydrogens is 720 g/mol. The summed E-state index contributed by atoms with van der Waals surface area (Å²) in [6, 6.07) is 4.20. The first-order valence-electron chi connectivity index (χ1n) is 16.7. The number of hydrogen-bond acceptors (Lipinski definition) is 21. The van der Waals surface area contributed by atoms with Gasteiger partial charge in [0.25, 0.3) is 0 Å². The van der Waals surface area contributed by atoms with Gasteiger partial charge in [-0.3, -0.25) is 0 Å². The van der Waals surface area contributed by atoms with E-state index in [1.54, 1.807) is 0 Å². The van der Waals surface area contributed by atoms with Gasteiger partial charge in [0.2, 0.25) is 0 Å². The van der Waals surface area contributed by atoms with Gasteiger partial charge in [-0.1, -0.05) is 6.07 Å². The van der Waals surface area contributed by atoms with Gasteiger partial charge >= 0.3 is 5.97 Å². The number of methoxy groups -OCH3 is 1. The minimum absolute atomic E-state index is 0.104. The van der Waals surface area contributed by atoms with E-state index >= 15 is 0 Å². The Morgan fingerprint density at radius 1 is 0.792 bits per heavy atom. The van der Waals surface area contributed by atoms with E-state index in [0.29, 0.717) is 5.56 Å². The first-order chi connectivity index (χ1) is 25.2. The lowest BCUT2D eigenvalue weighted by molar-refractivity contribution is -0.378. The fourth-order valence-corrected chi connectivity index (χ4v) is 6.07. The Morgan fingerprint density at radius 3 is 2.21 bits per heavy atom. The standard InChI is InChI=1S/C32H46O21/c1-45-17-6-12(2-4-13(17)34)3-5-20(38)51-27-19(11-48-31-25(42)22(39)16(37)10-47-31)49-30(44)29(52-21-7-14(35)15(36)9-46-21)28(27)53-32-26(43)24(41)23(40)18(8-33)50-32/h2-6,14-16,18-19,21-37,39-44H,7-11H2,1H3/b5-3+/t14-,15+,16-,18-,19-,21+,22+,23-,24+,25-,26-,27-,28+,29-,30-,31+,32+/m1/s1. The van der Waals surface area contributed by atoms with Gasteiger partial charge in [0.05, 0.1) is 39.6 Å². The fraction of sp³-hybridized carbons (Fsp3) is 0.719. The van der Waals surface area contributed by atoms with Crippen molar-refractivity contribution in [3.8, 4) is 11.5 Å². The number of phenols is 1. The van der Waals surface area contributed by atoms with Gasteiger partial charge in [-0.15, -0.1) is 0 Å². The maximum absolute atomic E-state index is 13.4. The number of esters is 1. The molecule has 4 aliphatic rings. The Hall–Kier alpha value is -2.65. The molecule has 300 valence electrons. The monoisotopic (exact) mass is 766 g/mol. The van der Waals surface area contributed by atoms with Gasteiger partial charge < -0.3 is 98.8 Å². The van der Waals surface area contributed by atoms with Crippen molar-refractivity contribution in [3.63, 3.8) is 0 Å². The van der Waals surface area contributed by atoms with E-state index in [1.165, 1.54) is 31.4 Å². The summed E-state index contributed by atoms with van der Waals surface area (Å²) in [6.45, 7) is -2.30. The van der Waals surface area contributed by atoms with Crippen molar-refractivity contribution >= 4 is 12.0 Å². The number of phenolic OH excluding ortho intramolecular Hbond substituents is 1. The van der Waals surface area contributed by atoms with Crippen LogP contribution < -0.4 is 4.74 Å². The third-order valence-corrected chi connectivity index (χ3v) is 9.14. The van der Waals surface area contributed by atoms with Crippen molar-refractivity contribution in [2.45, 2.75) is 111 Å². The van der Waals surface area contributed by atoms with Crippen LogP contribution in [0.15, 0.2) is 24.3 Å². The third-order valence-electron chi connectivity index (χ3n) is 9.14. The number of carbonyl (C=O) groups is 1. The molecule has 1 aromatic rings. The number of carbonyl (C=O) groups excluding carboxylic acids is 1. The molecule has 0 saturated carbocycles. The van der Waals surface area contributed by atoms with E-state index in [-0.39, 0.29) is 24.5 Å². The van der Waals surface area contributed by atoms with E-state index < -0.39 is 130 Å².